The van der Waals surface area contributed by atoms with Crippen LogP contribution in [0.15, 0.2) is 29.2 Å². The fourth-order valence-electron chi connectivity index (χ4n) is 0.691. The number of nitriles is 1. The molecule has 0 aliphatic carbocycles. The smallest absolute Gasteiger partial charge is 0.122 e. The van der Waals surface area contributed by atoms with E-state index in [4.69, 9.17) is 10.4 Å². The average Bonchev–Trinajstić information content (AvgIpc) is 2.05. The third-order valence-electron chi connectivity index (χ3n) is 1.20. The van der Waals surface area contributed by atoms with Crippen LogP contribution >= 0.6 is 0 Å². The highest BCUT2D eigenvalue weighted by molar-refractivity contribution is 7.82. The monoisotopic (exact) mass is 166 g/mol. The first-order chi connectivity index (χ1) is 5.24. The minimum Gasteiger partial charge on any atom is -0.248 e. The van der Waals surface area contributed by atoms with Crippen LogP contribution in [0.5, 0.6) is 0 Å². The SMILES string of the molecule is N#Cc1cccc(S(N)=O)c1. The van der Waals surface area contributed by atoms with Crippen LogP contribution in [0.4, 0.5) is 0 Å². The molecular formula is C7H6N2OS. The summed E-state index contributed by atoms with van der Waals surface area (Å²) in [6, 6.07) is 8.35. The van der Waals surface area contributed by atoms with Gasteiger partial charge in [0.25, 0.3) is 0 Å². The topological polar surface area (TPSA) is 66.9 Å². The largest absolute Gasteiger partial charge is 0.248 e. The van der Waals surface area contributed by atoms with Crippen molar-refractivity contribution in [3.05, 3.63) is 29.8 Å². The Kier molecular flexibility index (Phi) is 2.36. The summed E-state index contributed by atoms with van der Waals surface area (Å²) >= 11 is 0. The molecule has 0 bridgehead atoms. The lowest BCUT2D eigenvalue weighted by Gasteiger charge is -1.93. The minimum absolute atomic E-state index is 0.473. The maximum Gasteiger partial charge on any atom is 0.122 e. The molecule has 1 aromatic carbocycles. The maximum absolute atomic E-state index is 10.7. The molecule has 0 amide bonds. The van der Waals surface area contributed by atoms with Gasteiger partial charge in [-0.1, -0.05) is 6.07 Å². The van der Waals surface area contributed by atoms with E-state index in [1.165, 1.54) is 6.07 Å². The fourth-order valence-corrected chi connectivity index (χ4v) is 1.15. The molecule has 11 heavy (non-hydrogen) atoms. The first-order valence-electron chi connectivity index (χ1n) is 2.90. The van der Waals surface area contributed by atoms with Gasteiger partial charge in [0.05, 0.1) is 16.5 Å². The molecule has 56 valence electrons. The van der Waals surface area contributed by atoms with E-state index in [-0.39, 0.29) is 0 Å². The number of hydrogen-bond donors (Lipinski definition) is 1. The van der Waals surface area contributed by atoms with E-state index in [9.17, 15) is 4.21 Å². The standard InChI is InChI=1S/C7H6N2OS/c8-5-6-2-1-3-7(4-6)11(9)10/h1-4H,9H2. The van der Waals surface area contributed by atoms with Crippen molar-refractivity contribution in [2.45, 2.75) is 4.90 Å². The predicted molar refractivity (Wildman–Crippen MR) is 41.8 cm³/mol. The van der Waals surface area contributed by atoms with E-state index in [1.54, 1.807) is 18.2 Å². The van der Waals surface area contributed by atoms with Crippen LogP contribution in [0.3, 0.4) is 0 Å². The summed E-state index contributed by atoms with van der Waals surface area (Å²) < 4.78 is 10.7. The molecule has 0 saturated heterocycles. The lowest BCUT2D eigenvalue weighted by molar-refractivity contribution is 0.684. The van der Waals surface area contributed by atoms with Crippen molar-refractivity contribution in [1.29, 1.82) is 5.26 Å². The van der Waals surface area contributed by atoms with Gasteiger partial charge in [-0.05, 0) is 18.2 Å². The van der Waals surface area contributed by atoms with Gasteiger partial charge in [-0.25, -0.2) is 9.35 Å². The Morgan fingerprint density at radius 1 is 1.55 bits per heavy atom. The second-order valence-electron chi connectivity index (χ2n) is 1.94. The highest BCUT2D eigenvalue weighted by Crippen LogP contribution is 2.05. The van der Waals surface area contributed by atoms with E-state index in [2.05, 4.69) is 0 Å². The lowest BCUT2D eigenvalue weighted by Crippen LogP contribution is -2.02. The van der Waals surface area contributed by atoms with Crippen LogP contribution in [-0.4, -0.2) is 4.21 Å². The van der Waals surface area contributed by atoms with Crippen molar-refractivity contribution in [1.82, 2.24) is 0 Å². The van der Waals surface area contributed by atoms with E-state index in [0.29, 0.717) is 10.5 Å². The molecule has 0 spiro atoms. The molecule has 1 unspecified atom stereocenters. The van der Waals surface area contributed by atoms with Crippen LogP contribution in [0.25, 0.3) is 0 Å². The van der Waals surface area contributed by atoms with Gasteiger partial charge in [0.1, 0.15) is 11.0 Å². The highest BCUT2D eigenvalue weighted by Gasteiger charge is 1.97. The Morgan fingerprint density at radius 2 is 2.27 bits per heavy atom. The molecule has 1 aromatic rings. The van der Waals surface area contributed by atoms with Crippen LogP contribution < -0.4 is 5.14 Å². The van der Waals surface area contributed by atoms with Gasteiger partial charge in [-0.3, -0.25) is 0 Å². The molecule has 3 nitrogen and oxygen atoms in total. The van der Waals surface area contributed by atoms with Gasteiger partial charge >= 0.3 is 0 Å². The summed E-state index contributed by atoms with van der Waals surface area (Å²) in [6.07, 6.45) is 0. The van der Waals surface area contributed by atoms with Gasteiger partial charge in [-0.2, -0.15) is 5.26 Å². The second kappa shape index (κ2) is 3.28. The molecule has 0 aliphatic heterocycles. The molecule has 2 N–H and O–H groups in total. The van der Waals surface area contributed by atoms with Gasteiger partial charge in [0.2, 0.25) is 0 Å². The molecule has 0 radical (unpaired) electrons. The third kappa shape index (κ3) is 1.87. The van der Waals surface area contributed by atoms with Crippen molar-refractivity contribution >= 4 is 11.0 Å². The Balaban J connectivity index is 3.13. The quantitative estimate of drug-likeness (QED) is 0.661. The fraction of sp³-hybridized carbons (Fsp3) is 0. The molecule has 0 aromatic heterocycles. The van der Waals surface area contributed by atoms with Gasteiger partial charge in [0, 0.05) is 0 Å². The van der Waals surface area contributed by atoms with Gasteiger partial charge in [0.15, 0.2) is 0 Å². The summed E-state index contributed by atoms with van der Waals surface area (Å²) in [5, 5.41) is 13.6. The van der Waals surface area contributed by atoms with E-state index < -0.39 is 11.0 Å². The number of rotatable bonds is 1. The van der Waals surface area contributed by atoms with Crippen molar-refractivity contribution < 1.29 is 4.21 Å². The van der Waals surface area contributed by atoms with Crippen LogP contribution in [0.2, 0.25) is 0 Å². The molecule has 0 fully saturated rings. The Hall–Kier alpha value is -1.18. The van der Waals surface area contributed by atoms with Crippen molar-refractivity contribution in [2.24, 2.45) is 5.14 Å². The summed E-state index contributed by atoms with van der Waals surface area (Å²) in [5.41, 5.74) is 0.473. The first kappa shape index (κ1) is 7.92. The summed E-state index contributed by atoms with van der Waals surface area (Å²) in [6.45, 7) is 0. The second-order valence-corrected chi connectivity index (χ2v) is 3.00. The number of nitrogens with zero attached hydrogens (tertiary/aromatic N) is 1. The zero-order chi connectivity index (χ0) is 8.27. The van der Waals surface area contributed by atoms with Crippen LogP contribution in [0, 0.1) is 11.3 Å². The Bertz CT molecular complexity index is 329. The maximum atomic E-state index is 10.7. The first-order valence-corrected chi connectivity index (χ1v) is 4.11. The summed E-state index contributed by atoms with van der Waals surface area (Å²) in [5.74, 6) is 0. The molecule has 4 heteroatoms. The molecule has 0 aliphatic rings. The zero-order valence-electron chi connectivity index (χ0n) is 5.65. The van der Waals surface area contributed by atoms with Crippen molar-refractivity contribution in [3.8, 4) is 6.07 Å². The predicted octanol–water partition coefficient (Wildman–Crippen LogP) is 0.540. The van der Waals surface area contributed by atoms with Crippen molar-refractivity contribution in [2.75, 3.05) is 0 Å². The number of hydrogen-bond acceptors (Lipinski definition) is 2. The molecular weight excluding hydrogens is 160 g/mol. The highest BCUT2D eigenvalue weighted by atomic mass is 32.2. The number of benzene rings is 1. The van der Waals surface area contributed by atoms with E-state index in [0.717, 1.165) is 0 Å². The Labute approximate surface area is 67.0 Å². The summed E-state index contributed by atoms with van der Waals surface area (Å²) in [7, 11) is -1.49. The molecule has 0 saturated carbocycles. The van der Waals surface area contributed by atoms with Gasteiger partial charge in [-0.15, -0.1) is 0 Å². The van der Waals surface area contributed by atoms with Gasteiger partial charge < -0.3 is 0 Å². The molecule has 0 heterocycles. The number of nitrogens with two attached hydrogens (primary N) is 1. The van der Waals surface area contributed by atoms with E-state index >= 15 is 0 Å². The lowest BCUT2D eigenvalue weighted by atomic mass is 10.2. The average molecular weight is 166 g/mol. The normalized spacial score (nSPS) is 12.0. The third-order valence-corrected chi connectivity index (χ3v) is 1.91. The summed E-state index contributed by atoms with van der Waals surface area (Å²) in [4.78, 5) is 0.476. The van der Waals surface area contributed by atoms with E-state index in [1.807, 2.05) is 6.07 Å². The molecule has 1 atom stereocenters. The Morgan fingerprint density at radius 3 is 2.82 bits per heavy atom. The van der Waals surface area contributed by atoms with Crippen molar-refractivity contribution in [3.63, 3.8) is 0 Å². The van der Waals surface area contributed by atoms with Crippen LogP contribution in [0.1, 0.15) is 5.56 Å². The molecule has 1 rings (SSSR count). The minimum atomic E-state index is -1.49. The van der Waals surface area contributed by atoms with Crippen LogP contribution in [-0.2, 0) is 11.0 Å². The zero-order valence-corrected chi connectivity index (χ0v) is 6.47.